The third kappa shape index (κ3) is 3.37. The van der Waals surface area contributed by atoms with Gasteiger partial charge in [0.05, 0.1) is 5.39 Å². The Morgan fingerprint density at radius 3 is 2.59 bits per heavy atom. The molecule has 3 aromatic rings. The van der Waals surface area contributed by atoms with Crippen molar-refractivity contribution in [3.05, 3.63) is 47.7 Å². The van der Waals surface area contributed by atoms with Gasteiger partial charge in [0.2, 0.25) is 11.6 Å². The smallest absolute Gasteiger partial charge is 0.231 e. The Morgan fingerprint density at radius 2 is 1.89 bits per heavy atom. The van der Waals surface area contributed by atoms with Crippen molar-refractivity contribution in [2.45, 2.75) is 26.7 Å². The first-order valence-corrected chi connectivity index (χ1v) is 9.05. The number of halogens is 1. The SMILES string of the molecule is Cc1oc2ncnc(N3CCC(C(=O)Nc4ccc(F)cc4)CC3)c2c1C. The molecule has 0 aliphatic carbocycles. The van der Waals surface area contributed by atoms with Gasteiger partial charge in [-0.05, 0) is 51.0 Å². The molecule has 0 atom stereocenters. The van der Waals surface area contributed by atoms with Crippen molar-refractivity contribution < 1.29 is 13.6 Å². The van der Waals surface area contributed by atoms with E-state index in [-0.39, 0.29) is 17.6 Å². The predicted molar refractivity (Wildman–Crippen MR) is 101 cm³/mol. The van der Waals surface area contributed by atoms with E-state index in [0.717, 1.165) is 48.5 Å². The van der Waals surface area contributed by atoms with Crippen LogP contribution < -0.4 is 10.2 Å². The number of rotatable bonds is 3. The second-order valence-corrected chi connectivity index (χ2v) is 6.92. The number of nitrogens with zero attached hydrogens (tertiary/aromatic N) is 3. The average molecular weight is 368 g/mol. The molecular formula is C20H21FN4O2. The van der Waals surface area contributed by atoms with Crippen LogP contribution in [-0.4, -0.2) is 29.0 Å². The van der Waals surface area contributed by atoms with Gasteiger partial charge >= 0.3 is 0 Å². The van der Waals surface area contributed by atoms with Gasteiger partial charge in [-0.25, -0.2) is 14.4 Å². The zero-order valence-corrected chi connectivity index (χ0v) is 15.3. The van der Waals surface area contributed by atoms with Crippen LogP contribution in [0.4, 0.5) is 15.9 Å². The van der Waals surface area contributed by atoms with Gasteiger partial charge < -0.3 is 14.6 Å². The first-order valence-electron chi connectivity index (χ1n) is 9.05. The molecule has 0 radical (unpaired) electrons. The summed E-state index contributed by atoms with van der Waals surface area (Å²) in [7, 11) is 0. The van der Waals surface area contributed by atoms with Crippen molar-refractivity contribution in [1.29, 1.82) is 0 Å². The summed E-state index contributed by atoms with van der Waals surface area (Å²) in [4.78, 5) is 23.4. The summed E-state index contributed by atoms with van der Waals surface area (Å²) in [6.45, 7) is 5.40. The Morgan fingerprint density at radius 1 is 1.19 bits per heavy atom. The Balaban J connectivity index is 1.45. The number of aryl methyl sites for hydroxylation is 2. The van der Waals surface area contributed by atoms with E-state index >= 15 is 0 Å². The van der Waals surface area contributed by atoms with Crippen molar-refractivity contribution in [1.82, 2.24) is 9.97 Å². The van der Waals surface area contributed by atoms with Crippen LogP contribution in [0.5, 0.6) is 0 Å². The van der Waals surface area contributed by atoms with E-state index in [2.05, 4.69) is 20.2 Å². The highest BCUT2D eigenvalue weighted by molar-refractivity contribution is 5.93. The molecule has 140 valence electrons. The Bertz CT molecular complexity index is 976. The Hall–Kier alpha value is -2.96. The van der Waals surface area contributed by atoms with Crippen LogP contribution in [0, 0.1) is 25.6 Å². The third-order valence-corrected chi connectivity index (χ3v) is 5.22. The van der Waals surface area contributed by atoms with Gasteiger partial charge in [-0.15, -0.1) is 0 Å². The van der Waals surface area contributed by atoms with E-state index in [1.54, 1.807) is 12.1 Å². The van der Waals surface area contributed by atoms with E-state index in [1.807, 2.05) is 13.8 Å². The molecule has 1 fully saturated rings. The number of carbonyl (C=O) groups is 1. The number of piperidine rings is 1. The summed E-state index contributed by atoms with van der Waals surface area (Å²) in [5, 5.41) is 3.82. The minimum absolute atomic E-state index is 0.0237. The molecule has 27 heavy (non-hydrogen) atoms. The number of carbonyl (C=O) groups excluding carboxylic acids is 1. The van der Waals surface area contributed by atoms with Gasteiger partial charge in [0.1, 0.15) is 23.7 Å². The van der Waals surface area contributed by atoms with Crippen molar-refractivity contribution in [3.63, 3.8) is 0 Å². The summed E-state index contributed by atoms with van der Waals surface area (Å²) in [6.07, 6.45) is 2.98. The van der Waals surface area contributed by atoms with Crippen molar-refractivity contribution in [2.24, 2.45) is 5.92 Å². The Labute approximate surface area is 156 Å². The second-order valence-electron chi connectivity index (χ2n) is 6.92. The molecule has 0 spiro atoms. The number of hydrogen-bond acceptors (Lipinski definition) is 5. The van der Waals surface area contributed by atoms with Crippen LogP contribution in [0.25, 0.3) is 11.1 Å². The lowest BCUT2D eigenvalue weighted by Crippen LogP contribution is -2.38. The topological polar surface area (TPSA) is 71.3 Å². The number of nitrogens with one attached hydrogen (secondary N) is 1. The van der Waals surface area contributed by atoms with Gasteiger partial charge in [0.15, 0.2) is 0 Å². The summed E-state index contributed by atoms with van der Waals surface area (Å²) < 4.78 is 18.7. The van der Waals surface area contributed by atoms with Crippen LogP contribution in [-0.2, 0) is 4.79 Å². The molecule has 3 heterocycles. The van der Waals surface area contributed by atoms with Gasteiger partial charge in [-0.3, -0.25) is 4.79 Å². The maximum absolute atomic E-state index is 13.0. The summed E-state index contributed by atoms with van der Waals surface area (Å²) >= 11 is 0. The molecule has 4 rings (SSSR count). The molecule has 0 bridgehead atoms. The van der Waals surface area contributed by atoms with E-state index in [1.165, 1.54) is 18.5 Å². The third-order valence-electron chi connectivity index (χ3n) is 5.22. The highest BCUT2D eigenvalue weighted by Crippen LogP contribution is 2.32. The minimum Gasteiger partial charge on any atom is -0.443 e. The van der Waals surface area contributed by atoms with E-state index in [0.29, 0.717) is 11.4 Å². The summed E-state index contributed by atoms with van der Waals surface area (Å²) in [5.41, 5.74) is 2.27. The van der Waals surface area contributed by atoms with Gasteiger partial charge in [-0.2, -0.15) is 0 Å². The highest BCUT2D eigenvalue weighted by Gasteiger charge is 2.27. The van der Waals surface area contributed by atoms with Crippen molar-refractivity contribution in [3.8, 4) is 0 Å². The number of benzene rings is 1. The van der Waals surface area contributed by atoms with Gasteiger partial charge in [0, 0.05) is 30.3 Å². The predicted octanol–water partition coefficient (Wildman–Crippen LogP) is 3.83. The fourth-order valence-corrected chi connectivity index (χ4v) is 3.53. The standard InChI is InChI=1S/C20H21FN4O2/c1-12-13(2)27-20-17(12)18(22-11-23-20)25-9-7-14(8-10-25)19(26)24-16-5-3-15(21)4-6-16/h3-6,11,14H,7-10H2,1-2H3,(H,24,26). The zero-order valence-electron chi connectivity index (χ0n) is 15.3. The van der Waals surface area contributed by atoms with Gasteiger partial charge in [0.25, 0.3) is 0 Å². The highest BCUT2D eigenvalue weighted by atomic mass is 19.1. The molecule has 6 nitrogen and oxygen atoms in total. The normalized spacial score (nSPS) is 15.3. The maximum Gasteiger partial charge on any atom is 0.231 e. The van der Waals surface area contributed by atoms with Crippen LogP contribution in [0.1, 0.15) is 24.2 Å². The lowest BCUT2D eigenvalue weighted by Gasteiger charge is -2.32. The number of anilines is 2. The van der Waals surface area contributed by atoms with E-state index in [9.17, 15) is 9.18 Å². The molecule has 1 aromatic carbocycles. The Kier molecular flexibility index (Phi) is 4.51. The molecule has 2 aromatic heterocycles. The molecule has 1 N–H and O–H groups in total. The number of aromatic nitrogens is 2. The number of fused-ring (bicyclic) bond motifs is 1. The average Bonchev–Trinajstić information content (AvgIpc) is 2.98. The maximum atomic E-state index is 13.0. The lowest BCUT2D eigenvalue weighted by molar-refractivity contribution is -0.120. The molecule has 1 aliphatic heterocycles. The second kappa shape index (κ2) is 6.98. The summed E-state index contributed by atoms with van der Waals surface area (Å²) in [6, 6.07) is 5.83. The lowest BCUT2D eigenvalue weighted by atomic mass is 9.95. The number of amides is 1. The first-order chi connectivity index (χ1) is 13.0. The quantitative estimate of drug-likeness (QED) is 0.761. The fraction of sp³-hybridized carbons (Fsp3) is 0.350. The van der Waals surface area contributed by atoms with E-state index < -0.39 is 0 Å². The van der Waals surface area contributed by atoms with Crippen LogP contribution in [0.2, 0.25) is 0 Å². The van der Waals surface area contributed by atoms with E-state index in [4.69, 9.17) is 4.42 Å². The van der Waals surface area contributed by atoms with Crippen LogP contribution >= 0.6 is 0 Å². The summed E-state index contributed by atoms with van der Waals surface area (Å²) in [5.74, 6) is 1.30. The molecule has 0 saturated carbocycles. The number of hydrogen-bond donors (Lipinski definition) is 1. The molecule has 1 aliphatic rings. The number of furan rings is 1. The first kappa shape index (κ1) is 17.5. The molecular weight excluding hydrogens is 347 g/mol. The van der Waals surface area contributed by atoms with Crippen molar-refractivity contribution in [2.75, 3.05) is 23.3 Å². The molecule has 1 amide bonds. The molecule has 1 saturated heterocycles. The minimum atomic E-state index is -0.317. The molecule has 0 unspecified atom stereocenters. The van der Waals surface area contributed by atoms with Crippen molar-refractivity contribution >= 4 is 28.5 Å². The monoisotopic (exact) mass is 368 g/mol. The largest absolute Gasteiger partial charge is 0.443 e. The van der Waals surface area contributed by atoms with Gasteiger partial charge in [-0.1, -0.05) is 0 Å². The zero-order chi connectivity index (χ0) is 19.0. The van der Waals surface area contributed by atoms with Crippen LogP contribution in [0.15, 0.2) is 35.0 Å². The van der Waals surface area contributed by atoms with Crippen LogP contribution in [0.3, 0.4) is 0 Å². The fourth-order valence-electron chi connectivity index (χ4n) is 3.53. The molecule has 7 heteroatoms.